The molecule has 0 spiro atoms. The minimum Gasteiger partial charge on any atom is -0.480 e. The van der Waals surface area contributed by atoms with Gasteiger partial charge in [0.05, 0.1) is 5.39 Å². The summed E-state index contributed by atoms with van der Waals surface area (Å²) in [6.07, 6.45) is 0.0619. The summed E-state index contributed by atoms with van der Waals surface area (Å²) < 4.78 is 0. The Morgan fingerprint density at radius 3 is 2.65 bits per heavy atom. The summed E-state index contributed by atoms with van der Waals surface area (Å²) in [6.45, 7) is 1.96. The normalized spacial score (nSPS) is 12.0. The number of anilines is 1. The van der Waals surface area contributed by atoms with E-state index in [0.29, 0.717) is 11.6 Å². The first-order valence-corrected chi connectivity index (χ1v) is 8.87. The van der Waals surface area contributed by atoms with E-state index in [4.69, 9.17) is 5.73 Å². The van der Waals surface area contributed by atoms with Gasteiger partial charge in [-0.25, -0.2) is 14.8 Å². The molecule has 0 bridgehead atoms. The molecule has 3 aromatic rings. The predicted molar refractivity (Wildman–Crippen MR) is 101 cm³/mol. The van der Waals surface area contributed by atoms with Gasteiger partial charge in [-0.2, -0.15) is 0 Å². The van der Waals surface area contributed by atoms with Crippen molar-refractivity contribution in [3.63, 3.8) is 0 Å². The Morgan fingerprint density at radius 1 is 1.27 bits per heavy atom. The van der Waals surface area contributed by atoms with Gasteiger partial charge in [0.2, 0.25) is 5.91 Å². The van der Waals surface area contributed by atoms with Crippen LogP contribution in [-0.2, 0) is 9.59 Å². The van der Waals surface area contributed by atoms with Crippen LogP contribution in [0.15, 0.2) is 36.4 Å². The van der Waals surface area contributed by atoms with Gasteiger partial charge in [-0.15, -0.1) is 11.3 Å². The Balaban J connectivity index is 2.02. The molecule has 1 amide bonds. The highest BCUT2D eigenvalue weighted by atomic mass is 32.1. The molecule has 0 radical (unpaired) electrons. The average Bonchev–Trinajstić information content (AvgIpc) is 2.99. The Kier molecular flexibility index (Phi) is 5.13. The van der Waals surface area contributed by atoms with Crippen molar-refractivity contribution in [3.05, 3.63) is 41.3 Å². The number of aromatic nitrogens is 2. The lowest BCUT2D eigenvalue weighted by Crippen LogP contribution is -2.31. The number of carboxylic acids is 1. The van der Waals surface area contributed by atoms with Crippen molar-refractivity contribution in [3.8, 4) is 11.4 Å². The number of fused-ring (bicyclic) bond motifs is 1. The maximum atomic E-state index is 11.6. The van der Waals surface area contributed by atoms with Crippen LogP contribution in [0.1, 0.15) is 17.7 Å². The summed E-state index contributed by atoms with van der Waals surface area (Å²) in [7, 11) is 0. The van der Waals surface area contributed by atoms with Gasteiger partial charge in [-0.3, -0.25) is 4.79 Å². The van der Waals surface area contributed by atoms with E-state index in [-0.39, 0.29) is 12.8 Å². The van der Waals surface area contributed by atoms with Crippen molar-refractivity contribution < 1.29 is 14.7 Å². The third-order valence-electron chi connectivity index (χ3n) is 3.84. The van der Waals surface area contributed by atoms with Crippen molar-refractivity contribution in [1.29, 1.82) is 0 Å². The highest BCUT2D eigenvalue weighted by Crippen LogP contribution is 2.31. The maximum Gasteiger partial charge on any atom is 0.326 e. The van der Waals surface area contributed by atoms with Gasteiger partial charge in [-0.05, 0) is 19.4 Å². The van der Waals surface area contributed by atoms with E-state index < -0.39 is 17.9 Å². The Hall–Kier alpha value is -3.00. The number of nitrogens with two attached hydrogens (primary N) is 1. The third kappa shape index (κ3) is 3.97. The topological polar surface area (TPSA) is 118 Å². The molecule has 0 aliphatic rings. The molecular weight excluding hydrogens is 352 g/mol. The van der Waals surface area contributed by atoms with Crippen molar-refractivity contribution in [2.45, 2.75) is 25.8 Å². The molecule has 26 heavy (non-hydrogen) atoms. The quantitative estimate of drug-likeness (QED) is 0.588. The standard InChI is InChI=1S/C18H18N4O3S/c1-10-9-12-16(20-13(18(24)25)7-8-14(19)23)21-15(22-17(12)26-10)11-5-3-2-4-6-11/h2-6,9,13H,7-8H2,1H3,(H2,19,23)(H,24,25)(H,20,21,22). The molecule has 134 valence electrons. The van der Waals surface area contributed by atoms with Gasteiger partial charge in [0.25, 0.3) is 0 Å². The van der Waals surface area contributed by atoms with Crippen LogP contribution < -0.4 is 11.1 Å². The van der Waals surface area contributed by atoms with Crippen LogP contribution in [0.2, 0.25) is 0 Å². The zero-order chi connectivity index (χ0) is 18.7. The highest BCUT2D eigenvalue weighted by Gasteiger charge is 2.21. The van der Waals surface area contributed by atoms with Crippen LogP contribution in [-0.4, -0.2) is 33.0 Å². The summed E-state index contributed by atoms with van der Waals surface area (Å²) in [5.41, 5.74) is 5.98. The zero-order valence-corrected chi connectivity index (χ0v) is 14.9. The number of aryl methyl sites for hydroxylation is 1. The molecule has 0 aliphatic carbocycles. The lowest BCUT2D eigenvalue weighted by molar-refractivity contribution is -0.138. The van der Waals surface area contributed by atoms with E-state index in [1.165, 1.54) is 11.3 Å². The molecule has 0 saturated carbocycles. The van der Waals surface area contributed by atoms with Crippen LogP contribution in [0.5, 0.6) is 0 Å². The van der Waals surface area contributed by atoms with Gasteiger partial charge in [0.1, 0.15) is 16.7 Å². The first-order valence-electron chi connectivity index (χ1n) is 8.05. The largest absolute Gasteiger partial charge is 0.480 e. The molecule has 0 saturated heterocycles. The number of aliphatic carboxylic acids is 1. The summed E-state index contributed by atoms with van der Waals surface area (Å²) in [6, 6.07) is 10.4. The molecule has 4 N–H and O–H groups in total. The third-order valence-corrected chi connectivity index (χ3v) is 4.78. The number of thiophene rings is 1. The highest BCUT2D eigenvalue weighted by molar-refractivity contribution is 7.18. The smallest absolute Gasteiger partial charge is 0.326 e. The summed E-state index contributed by atoms with van der Waals surface area (Å²) in [5.74, 6) is -0.648. The van der Waals surface area contributed by atoms with E-state index in [2.05, 4.69) is 15.3 Å². The zero-order valence-electron chi connectivity index (χ0n) is 14.1. The SMILES string of the molecule is Cc1cc2c(NC(CCC(N)=O)C(=O)O)nc(-c3ccccc3)nc2s1. The fourth-order valence-corrected chi connectivity index (χ4v) is 3.46. The number of nitrogens with one attached hydrogen (secondary N) is 1. The van der Waals surface area contributed by atoms with Crippen LogP contribution >= 0.6 is 11.3 Å². The minimum absolute atomic E-state index is 0.0214. The van der Waals surface area contributed by atoms with E-state index in [9.17, 15) is 14.7 Å². The monoisotopic (exact) mass is 370 g/mol. The molecular formula is C18H18N4O3S. The maximum absolute atomic E-state index is 11.6. The number of amides is 1. The Bertz CT molecular complexity index is 956. The van der Waals surface area contributed by atoms with Crippen LogP contribution in [0.25, 0.3) is 21.6 Å². The van der Waals surface area contributed by atoms with Gasteiger partial charge < -0.3 is 16.2 Å². The Morgan fingerprint density at radius 2 is 2.00 bits per heavy atom. The number of hydrogen-bond donors (Lipinski definition) is 3. The second kappa shape index (κ2) is 7.49. The molecule has 8 heteroatoms. The van der Waals surface area contributed by atoms with Crippen molar-refractivity contribution in [1.82, 2.24) is 9.97 Å². The number of carbonyl (C=O) groups excluding carboxylic acids is 1. The van der Waals surface area contributed by atoms with Crippen LogP contribution in [0.3, 0.4) is 0 Å². The van der Waals surface area contributed by atoms with E-state index >= 15 is 0 Å². The predicted octanol–water partition coefficient (Wildman–Crippen LogP) is 2.80. The first-order chi connectivity index (χ1) is 12.4. The molecule has 0 fully saturated rings. The fourth-order valence-electron chi connectivity index (χ4n) is 2.58. The first kappa shape index (κ1) is 17.8. The summed E-state index contributed by atoms with van der Waals surface area (Å²) >= 11 is 1.52. The summed E-state index contributed by atoms with van der Waals surface area (Å²) in [4.78, 5) is 33.5. The number of primary amides is 1. The average molecular weight is 370 g/mol. The number of benzene rings is 1. The van der Waals surface area contributed by atoms with E-state index in [1.54, 1.807) is 0 Å². The second-order valence-corrected chi connectivity index (χ2v) is 7.11. The van der Waals surface area contributed by atoms with Gasteiger partial charge >= 0.3 is 5.97 Å². The van der Waals surface area contributed by atoms with Crippen LogP contribution in [0.4, 0.5) is 5.82 Å². The number of carbonyl (C=O) groups is 2. The molecule has 2 heterocycles. The molecule has 1 unspecified atom stereocenters. The van der Waals surface area contributed by atoms with Crippen molar-refractivity contribution in [2.24, 2.45) is 5.73 Å². The lowest BCUT2D eigenvalue weighted by atomic mass is 10.1. The fraction of sp³-hybridized carbons (Fsp3) is 0.222. The van der Waals surface area contributed by atoms with Crippen molar-refractivity contribution in [2.75, 3.05) is 5.32 Å². The van der Waals surface area contributed by atoms with Gasteiger partial charge in [0, 0.05) is 16.9 Å². The van der Waals surface area contributed by atoms with E-state index in [1.807, 2.05) is 43.3 Å². The number of hydrogen-bond acceptors (Lipinski definition) is 6. The molecule has 0 aliphatic heterocycles. The number of rotatable bonds is 7. The van der Waals surface area contributed by atoms with Gasteiger partial charge in [-0.1, -0.05) is 30.3 Å². The molecule has 1 aromatic carbocycles. The number of nitrogens with zero attached hydrogens (tertiary/aromatic N) is 2. The Labute approximate surface area is 153 Å². The molecule has 1 atom stereocenters. The van der Waals surface area contributed by atoms with E-state index in [0.717, 1.165) is 20.7 Å². The second-order valence-electron chi connectivity index (χ2n) is 5.88. The molecule has 3 rings (SSSR count). The lowest BCUT2D eigenvalue weighted by Gasteiger charge is -2.15. The van der Waals surface area contributed by atoms with Crippen molar-refractivity contribution >= 4 is 39.2 Å². The van der Waals surface area contributed by atoms with Gasteiger partial charge in [0.15, 0.2) is 5.82 Å². The molecule has 2 aromatic heterocycles. The minimum atomic E-state index is -1.06. The molecule has 7 nitrogen and oxygen atoms in total. The number of carboxylic acid groups (broad SMARTS) is 1. The summed E-state index contributed by atoms with van der Waals surface area (Å²) in [5, 5.41) is 13.2. The van der Waals surface area contributed by atoms with Crippen LogP contribution in [0, 0.1) is 6.92 Å².